The number of rotatable bonds is 0. The van der Waals surface area contributed by atoms with Crippen LogP contribution in [0.3, 0.4) is 0 Å². The third-order valence-corrected chi connectivity index (χ3v) is 0. The van der Waals surface area contributed by atoms with E-state index in [1.165, 1.54) is 0 Å². The normalized spacial score (nSPS) is 0. The Balaban J connectivity index is 0. The molecule has 0 spiro atoms. The first kappa shape index (κ1) is 23.5. The van der Waals surface area contributed by atoms with E-state index in [0.717, 1.165) is 0 Å². The number of hydrogen-bond acceptors (Lipinski definition) is 0. The van der Waals surface area contributed by atoms with Crippen molar-refractivity contribution in [2.24, 2.45) is 0 Å². The van der Waals surface area contributed by atoms with E-state index in [1.54, 1.807) is 0 Å². The van der Waals surface area contributed by atoms with Gasteiger partial charge in [-0.1, -0.05) is 0 Å². The van der Waals surface area contributed by atoms with Crippen molar-refractivity contribution < 1.29 is 0 Å². The van der Waals surface area contributed by atoms with Crippen LogP contribution < -0.4 is 0 Å². The molecule has 0 aromatic carbocycles. The zero-order valence-electron chi connectivity index (χ0n) is 1.41. The molecule has 0 rings (SSSR count). The third-order valence-electron chi connectivity index (χ3n) is 0. The van der Waals surface area contributed by atoms with E-state index in [2.05, 4.69) is 0 Å². The molecule has 0 saturated heterocycles. The zero-order chi connectivity index (χ0) is 0. The second kappa shape index (κ2) is 15.6. The van der Waals surface area contributed by atoms with Gasteiger partial charge in [-0.25, -0.2) is 0 Å². The van der Waals surface area contributed by atoms with Crippen LogP contribution in [0.4, 0.5) is 0 Å². The molecule has 4 heavy (non-hydrogen) atoms. The van der Waals surface area contributed by atoms with E-state index in [9.17, 15) is 0 Å². The Kier molecular flexibility index (Phi) is 92.1. The van der Waals surface area contributed by atoms with Gasteiger partial charge in [0.25, 0.3) is 0 Å². The molecule has 0 fully saturated rings. The molecule has 0 nitrogen and oxygen atoms in total. The fourth-order valence-corrected chi connectivity index (χ4v) is 0. The Hall–Kier alpha value is 4.55. The van der Waals surface area contributed by atoms with Crippen LogP contribution >= 0.6 is 0 Å². The van der Waals surface area contributed by atoms with Crippen LogP contribution in [0.5, 0.6) is 0 Å². The van der Waals surface area contributed by atoms with Gasteiger partial charge in [-0.05, 0) is 0 Å². The quantitative estimate of drug-likeness (QED) is 0.295. The second-order valence-corrected chi connectivity index (χ2v) is 0. The van der Waals surface area contributed by atoms with Crippen LogP contribution in [0.15, 0.2) is 0 Å². The van der Waals surface area contributed by atoms with Gasteiger partial charge in [0.05, 0.1) is 0 Å². The van der Waals surface area contributed by atoms with Crippen molar-refractivity contribution in [1.29, 1.82) is 0 Å². The van der Waals surface area contributed by atoms with E-state index in [1.807, 2.05) is 0 Å². The van der Waals surface area contributed by atoms with Crippen molar-refractivity contribution in [1.82, 2.24) is 0 Å². The molecule has 0 aliphatic carbocycles. The molecule has 0 aromatic heterocycles. The molecule has 0 aromatic rings. The standard InChI is InChI=1S/Ba.Ca.Pb.Sn.8H. The molecular formula is H8BaCaPbSn. The Bertz CT molecular complexity index is 8.00. The van der Waals surface area contributed by atoms with Gasteiger partial charge >= 0.3 is 138 Å². The molecule has 0 heterocycles. The molecular weight excluding hydrogens is 503 g/mol. The molecule has 0 aliphatic rings. The van der Waals surface area contributed by atoms with Crippen molar-refractivity contribution in [3.63, 3.8) is 0 Å². The molecule has 20 valence electrons. The molecule has 0 bridgehead atoms. The molecule has 0 aliphatic heterocycles. The van der Waals surface area contributed by atoms with Gasteiger partial charge in [0.2, 0.25) is 0 Å². The Morgan fingerprint density at radius 2 is 1.00 bits per heavy atom. The van der Waals surface area contributed by atoms with Gasteiger partial charge in [-0.2, -0.15) is 0 Å². The molecule has 0 amide bonds. The predicted octanol–water partition coefficient (Wildman–Crippen LogP) is -3.66. The Morgan fingerprint density at radius 3 is 1.00 bits per heavy atom. The minimum atomic E-state index is 0. The van der Waals surface area contributed by atoms with E-state index < -0.39 is 0 Å². The number of hydrogen-bond donors (Lipinski definition) is 0. The van der Waals surface area contributed by atoms with Gasteiger partial charge in [0, 0.05) is 0 Å². The fourth-order valence-electron chi connectivity index (χ4n) is 0. The summed E-state index contributed by atoms with van der Waals surface area (Å²) in [6, 6.07) is 0. The molecule has 0 saturated carbocycles. The van der Waals surface area contributed by atoms with Gasteiger partial charge in [0.15, 0.2) is 0 Å². The zero-order valence-corrected chi connectivity index (χ0v) is 10.9. The second-order valence-electron chi connectivity index (χ2n) is 0. The first-order valence-corrected chi connectivity index (χ1v) is 0. The summed E-state index contributed by atoms with van der Waals surface area (Å²) in [6.07, 6.45) is 0. The SMILES string of the molecule is [BaH2].[CaH2].[PbH2].[SnH2]. The molecule has 0 N–H and O–H groups in total. The average molecular weight is 511 g/mol. The molecule has 4 heteroatoms. The van der Waals surface area contributed by atoms with Crippen LogP contribution in [-0.2, 0) is 0 Å². The summed E-state index contributed by atoms with van der Waals surface area (Å²) in [6.45, 7) is 0. The van der Waals surface area contributed by atoms with E-state index in [0.29, 0.717) is 0 Å². The van der Waals surface area contributed by atoms with E-state index in [-0.39, 0.29) is 138 Å². The predicted molar refractivity (Wildman–Crippen MR) is 34.2 cm³/mol. The van der Waals surface area contributed by atoms with Crippen molar-refractivity contribution in [3.05, 3.63) is 0 Å². The maximum atomic E-state index is 0. The molecule has 0 atom stereocenters. The van der Waals surface area contributed by atoms with E-state index >= 15 is 0 Å². The summed E-state index contributed by atoms with van der Waals surface area (Å²) in [5, 5.41) is 0. The van der Waals surface area contributed by atoms with Crippen molar-refractivity contribution in [2.45, 2.75) is 0 Å². The average Bonchev–Trinajstić information content (AvgIpc) is 0. The molecule has 0 unspecified atom stereocenters. The van der Waals surface area contributed by atoms with Gasteiger partial charge in [-0.3, -0.25) is 0 Å². The van der Waals surface area contributed by atoms with Gasteiger partial charge < -0.3 is 0 Å². The monoisotopic (exact) mass is 514 g/mol. The van der Waals surface area contributed by atoms with Gasteiger partial charge in [-0.15, -0.1) is 0 Å². The third kappa shape index (κ3) is 9.75. The maximum absolute atomic E-state index is 0. The van der Waals surface area contributed by atoms with Gasteiger partial charge in [0.1, 0.15) is 0 Å². The van der Waals surface area contributed by atoms with Crippen LogP contribution in [0.25, 0.3) is 0 Å². The van der Waals surface area contributed by atoms with Crippen LogP contribution in [0.1, 0.15) is 0 Å². The summed E-state index contributed by atoms with van der Waals surface area (Å²) in [4.78, 5) is 0. The minimum absolute atomic E-state index is 0. The first-order chi connectivity index (χ1) is 0. The van der Waals surface area contributed by atoms with E-state index in [4.69, 9.17) is 0 Å². The summed E-state index contributed by atoms with van der Waals surface area (Å²) < 4.78 is 0. The summed E-state index contributed by atoms with van der Waals surface area (Å²) in [7, 11) is 0. The Morgan fingerprint density at radius 1 is 1.00 bits per heavy atom. The summed E-state index contributed by atoms with van der Waals surface area (Å²) in [5.41, 5.74) is 0. The van der Waals surface area contributed by atoms with Crippen LogP contribution in [0, 0.1) is 0 Å². The van der Waals surface area contributed by atoms with Crippen LogP contribution in [0.2, 0.25) is 0 Å². The van der Waals surface area contributed by atoms with Crippen molar-refractivity contribution in [2.75, 3.05) is 0 Å². The van der Waals surface area contributed by atoms with Crippen molar-refractivity contribution in [3.8, 4) is 0 Å². The summed E-state index contributed by atoms with van der Waals surface area (Å²) in [5.74, 6) is 0. The van der Waals surface area contributed by atoms with Crippen LogP contribution in [-0.4, -0.2) is 138 Å². The topological polar surface area (TPSA) is 0 Å². The Labute approximate surface area is 133 Å². The summed E-state index contributed by atoms with van der Waals surface area (Å²) >= 11 is 0. The fraction of sp³-hybridized carbons (Fsp3) is 0. The van der Waals surface area contributed by atoms with Crippen molar-refractivity contribution >= 4 is 138 Å². The first-order valence-electron chi connectivity index (χ1n) is 0. The molecule has 4 radical (unpaired) electrons.